The number of hydrogen-bond acceptors (Lipinski definition) is 11. The average Bonchev–Trinajstić information content (AvgIpc) is 3.75. The lowest BCUT2D eigenvalue weighted by molar-refractivity contribution is -0.145. The van der Waals surface area contributed by atoms with E-state index in [1.807, 2.05) is 0 Å². The number of allylic oxidation sites excluding steroid dienone is 1. The molecule has 1 heterocycles. The van der Waals surface area contributed by atoms with Crippen LogP contribution in [-0.4, -0.2) is 42.6 Å². The van der Waals surface area contributed by atoms with Crippen LogP contribution in [0.15, 0.2) is 84.9 Å². The van der Waals surface area contributed by atoms with Gasteiger partial charge in [-0.1, -0.05) is 50.1 Å². The molecule has 0 atom stereocenters. The summed E-state index contributed by atoms with van der Waals surface area (Å²) in [6.45, 7) is 0. The van der Waals surface area contributed by atoms with Gasteiger partial charge in [0.05, 0.1) is 32.9 Å². The Kier molecular flexibility index (Phi) is 15.1. The molecule has 3 saturated carbocycles. The zero-order chi connectivity index (χ0) is 43.6. The van der Waals surface area contributed by atoms with Crippen molar-refractivity contribution in [2.45, 2.75) is 89.9 Å². The van der Waals surface area contributed by atoms with Gasteiger partial charge >= 0.3 is 23.9 Å². The third-order valence-corrected chi connectivity index (χ3v) is 13.2. The molecule has 13 heteroatoms. The van der Waals surface area contributed by atoms with Crippen molar-refractivity contribution in [1.29, 1.82) is 0 Å². The first-order valence-electron chi connectivity index (χ1n) is 21.5. The first-order chi connectivity index (χ1) is 30.0. The van der Waals surface area contributed by atoms with Crippen molar-refractivity contribution in [1.82, 2.24) is 0 Å². The van der Waals surface area contributed by atoms with Crippen LogP contribution in [0.1, 0.15) is 115 Å². The van der Waals surface area contributed by atoms with Crippen LogP contribution < -0.4 is 23.8 Å². The molecular formula is C49H50ClNO10S. The number of ether oxygens (including phenoxy) is 4. The highest BCUT2D eigenvalue weighted by Gasteiger charge is 2.33. The molecule has 11 nitrogen and oxygen atoms in total. The van der Waals surface area contributed by atoms with Crippen LogP contribution in [0.5, 0.6) is 23.0 Å². The molecule has 1 aromatic heterocycles. The van der Waals surface area contributed by atoms with Crippen molar-refractivity contribution < 1.29 is 47.7 Å². The number of esters is 4. The Bertz CT molecular complexity index is 2280. The van der Waals surface area contributed by atoms with Gasteiger partial charge in [-0.25, -0.2) is 0 Å². The summed E-state index contributed by atoms with van der Waals surface area (Å²) in [5.41, 5.74) is 1.41. The fourth-order valence-corrected chi connectivity index (χ4v) is 9.22. The van der Waals surface area contributed by atoms with Crippen LogP contribution in [0.4, 0.5) is 5.69 Å². The van der Waals surface area contributed by atoms with Gasteiger partial charge in [0.15, 0.2) is 5.78 Å². The predicted molar refractivity (Wildman–Crippen MR) is 236 cm³/mol. The van der Waals surface area contributed by atoms with Crippen LogP contribution in [0.25, 0.3) is 6.08 Å². The summed E-state index contributed by atoms with van der Waals surface area (Å²) in [5, 5.41) is 0. The molecule has 4 aromatic rings. The van der Waals surface area contributed by atoms with Crippen molar-refractivity contribution in [2.75, 3.05) is 11.9 Å². The number of amides is 1. The van der Waals surface area contributed by atoms with Gasteiger partial charge in [-0.15, -0.1) is 11.3 Å². The van der Waals surface area contributed by atoms with Gasteiger partial charge in [-0.05, 0) is 142 Å². The van der Waals surface area contributed by atoms with Crippen LogP contribution in [-0.2, 0) is 19.2 Å². The third kappa shape index (κ3) is 11.7. The van der Waals surface area contributed by atoms with E-state index in [1.165, 1.54) is 17.1 Å². The van der Waals surface area contributed by atoms with Gasteiger partial charge in [0, 0.05) is 23.9 Å². The van der Waals surface area contributed by atoms with E-state index in [9.17, 15) is 28.8 Å². The Hall–Kier alpha value is -5.59. The van der Waals surface area contributed by atoms with Crippen molar-refractivity contribution >= 4 is 70.3 Å². The molecule has 62 heavy (non-hydrogen) atoms. The Morgan fingerprint density at radius 3 is 1.55 bits per heavy atom. The van der Waals surface area contributed by atoms with Gasteiger partial charge < -0.3 is 23.8 Å². The standard InChI is InChI=1S/C49H50ClNO10S/c1-51(37-19-23-39(24-20-37)59-46(54)32-8-4-2-5-9-32)45(53)31-16-21-38(22-17-31)58-48(56)34-12-14-35(15-13-34)49(57)61-42-27-25-40(60-47(55)33-10-6-3-7-11-33)30-36(42)18-26-41(52)43-28-29-44(50)62-43/h16-30,32-35H,2-15H2,1H3/b26-18+. The Morgan fingerprint density at radius 2 is 1.03 bits per heavy atom. The van der Waals surface area contributed by atoms with Crippen LogP contribution in [0, 0.1) is 23.7 Å². The number of hydrogen-bond donors (Lipinski definition) is 0. The zero-order valence-electron chi connectivity index (χ0n) is 34.7. The van der Waals surface area contributed by atoms with E-state index in [2.05, 4.69) is 0 Å². The molecule has 0 aliphatic heterocycles. The molecule has 0 spiro atoms. The Morgan fingerprint density at radius 1 is 0.565 bits per heavy atom. The maximum atomic E-state index is 13.5. The minimum absolute atomic E-state index is 0.0636. The van der Waals surface area contributed by atoms with E-state index in [1.54, 1.807) is 85.9 Å². The van der Waals surface area contributed by atoms with Gasteiger partial charge in [0.1, 0.15) is 23.0 Å². The molecule has 3 fully saturated rings. The second kappa shape index (κ2) is 21.0. The fraction of sp³-hybridized carbons (Fsp3) is 0.388. The molecular weight excluding hydrogens is 830 g/mol. The smallest absolute Gasteiger partial charge is 0.314 e. The van der Waals surface area contributed by atoms with Crippen LogP contribution >= 0.6 is 22.9 Å². The molecule has 3 aliphatic carbocycles. The molecule has 0 unspecified atom stereocenters. The number of anilines is 1. The molecule has 3 aliphatic rings. The highest BCUT2D eigenvalue weighted by Crippen LogP contribution is 2.35. The Labute approximate surface area is 370 Å². The molecule has 324 valence electrons. The molecule has 0 N–H and O–H groups in total. The van der Waals surface area contributed by atoms with E-state index in [0.29, 0.717) is 63.2 Å². The number of benzene rings is 3. The van der Waals surface area contributed by atoms with E-state index >= 15 is 0 Å². The number of halogens is 1. The molecule has 7 rings (SSSR count). The first-order valence-corrected chi connectivity index (χ1v) is 22.7. The first kappa shape index (κ1) is 44.5. The van der Waals surface area contributed by atoms with Crippen LogP contribution in [0.2, 0.25) is 4.34 Å². The lowest BCUT2D eigenvalue weighted by atomic mass is 9.82. The number of rotatable bonds is 13. The second-order valence-corrected chi connectivity index (χ2v) is 18.0. The van der Waals surface area contributed by atoms with Crippen molar-refractivity contribution in [3.05, 3.63) is 105 Å². The summed E-state index contributed by atoms with van der Waals surface area (Å²) in [4.78, 5) is 80.2. The number of carbonyl (C=O) groups is 6. The number of carbonyl (C=O) groups excluding carboxylic acids is 6. The zero-order valence-corrected chi connectivity index (χ0v) is 36.3. The molecule has 0 saturated heterocycles. The fourth-order valence-electron chi connectivity index (χ4n) is 8.25. The molecule has 0 radical (unpaired) electrons. The SMILES string of the molecule is CN(C(=O)c1ccc(OC(=O)C2CCC(C(=O)Oc3ccc(OC(=O)C4CCCCC4)cc3/C=C/C(=O)c3ccc(Cl)s3)CC2)cc1)c1ccc(OC(=O)C2CCCCC2)cc1. The van der Waals surface area contributed by atoms with Gasteiger partial charge in [0.25, 0.3) is 5.91 Å². The van der Waals surface area contributed by atoms with E-state index in [0.717, 1.165) is 75.5 Å². The average molecular weight is 880 g/mol. The number of thiophene rings is 1. The normalized spacial score (nSPS) is 18.4. The van der Waals surface area contributed by atoms with Crippen molar-refractivity contribution in [3.63, 3.8) is 0 Å². The van der Waals surface area contributed by atoms with Crippen molar-refractivity contribution in [3.8, 4) is 23.0 Å². The lowest BCUT2D eigenvalue weighted by Gasteiger charge is -2.26. The van der Waals surface area contributed by atoms with E-state index in [4.69, 9.17) is 30.5 Å². The minimum Gasteiger partial charge on any atom is -0.426 e. The van der Waals surface area contributed by atoms with Gasteiger partial charge in [-0.3, -0.25) is 28.8 Å². The predicted octanol–water partition coefficient (Wildman–Crippen LogP) is 10.9. The maximum Gasteiger partial charge on any atom is 0.314 e. The van der Waals surface area contributed by atoms with E-state index in [-0.39, 0.29) is 47.0 Å². The summed E-state index contributed by atoms with van der Waals surface area (Å²) in [7, 11) is 1.65. The highest BCUT2D eigenvalue weighted by atomic mass is 35.5. The van der Waals surface area contributed by atoms with E-state index < -0.39 is 23.8 Å². The summed E-state index contributed by atoms with van der Waals surface area (Å²) in [6.07, 6.45) is 14.1. The topological polar surface area (TPSA) is 143 Å². The maximum absolute atomic E-state index is 13.5. The summed E-state index contributed by atoms with van der Waals surface area (Å²) < 4.78 is 23.4. The van der Waals surface area contributed by atoms with Crippen molar-refractivity contribution in [2.24, 2.45) is 23.7 Å². The number of ketones is 1. The van der Waals surface area contributed by atoms with Gasteiger partial charge in [-0.2, -0.15) is 0 Å². The monoisotopic (exact) mass is 879 g/mol. The minimum atomic E-state index is -0.468. The lowest BCUT2D eigenvalue weighted by Crippen LogP contribution is -2.30. The molecule has 3 aromatic carbocycles. The number of nitrogens with zero attached hydrogens (tertiary/aromatic N) is 1. The molecule has 1 amide bonds. The highest BCUT2D eigenvalue weighted by molar-refractivity contribution is 7.18. The Balaban J connectivity index is 0.905. The quantitative estimate of drug-likeness (QED) is 0.0551. The summed E-state index contributed by atoms with van der Waals surface area (Å²) in [6, 6.07) is 21.2. The third-order valence-electron chi connectivity index (χ3n) is 12.0. The second-order valence-electron chi connectivity index (χ2n) is 16.3. The van der Waals surface area contributed by atoms with Crippen LogP contribution in [0.3, 0.4) is 0 Å². The molecule has 0 bridgehead atoms. The largest absolute Gasteiger partial charge is 0.426 e. The van der Waals surface area contributed by atoms with Gasteiger partial charge in [0.2, 0.25) is 0 Å². The summed E-state index contributed by atoms with van der Waals surface area (Å²) in [5.74, 6) is -1.81. The summed E-state index contributed by atoms with van der Waals surface area (Å²) >= 11 is 7.18.